The van der Waals surface area contributed by atoms with Crippen LogP contribution in [0.4, 0.5) is 0 Å². The molecule has 0 aromatic carbocycles. The lowest BCUT2D eigenvalue weighted by atomic mass is 10.0. The van der Waals surface area contributed by atoms with E-state index in [0.717, 1.165) is 51.4 Å². The number of carbonyl (C=O) groups excluding carboxylic acids is 2. The minimum atomic E-state index is -0.668. The first-order valence-corrected chi connectivity index (χ1v) is 25.9. The van der Waals surface area contributed by atoms with Gasteiger partial charge in [-0.25, -0.2) is 0 Å². The average molecular weight is 820 g/mol. The highest BCUT2D eigenvalue weighted by Crippen LogP contribution is 2.16. The van der Waals surface area contributed by atoms with E-state index in [1.165, 1.54) is 199 Å². The van der Waals surface area contributed by atoms with Crippen LogP contribution in [0.1, 0.15) is 284 Å². The normalized spacial score (nSPS) is 12.7. The highest BCUT2D eigenvalue weighted by molar-refractivity contribution is 5.76. The Morgan fingerprint density at radius 1 is 0.466 bits per heavy atom. The lowest BCUT2D eigenvalue weighted by molar-refractivity contribution is -0.143. The van der Waals surface area contributed by atoms with Crippen LogP contribution in [-0.2, 0) is 14.3 Å². The maximum atomic E-state index is 12.4. The summed E-state index contributed by atoms with van der Waals surface area (Å²) in [6, 6.07) is -0.547. The van der Waals surface area contributed by atoms with E-state index in [0.29, 0.717) is 25.9 Å². The SMILES string of the molecule is CCCCCCCCCCCCCCCCCC(=O)OCCCCCCCC/C=C\CCCCCCCCCC(=O)NC(CO)C(O)CCCCCCCCCCC. The van der Waals surface area contributed by atoms with Gasteiger partial charge in [0.2, 0.25) is 5.91 Å². The Morgan fingerprint density at radius 2 is 0.810 bits per heavy atom. The number of ether oxygens (including phenoxy) is 1. The number of nitrogens with one attached hydrogen (secondary N) is 1. The number of aliphatic hydroxyl groups is 2. The molecule has 2 atom stereocenters. The first-order chi connectivity index (χ1) is 28.5. The Morgan fingerprint density at radius 3 is 1.22 bits per heavy atom. The van der Waals surface area contributed by atoms with Crippen LogP contribution in [0.25, 0.3) is 0 Å². The molecular formula is C52H101NO5. The Labute approximate surface area is 361 Å². The molecule has 0 aliphatic heterocycles. The standard InChI is InChI=1S/C52H101NO5/c1-3-5-7-9-11-13-14-15-19-23-26-30-34-38-42-46-52(57)58-47-43-39-35-31-27-24-21-18-16-17-20-22-25-29-33-37-41-45-51(56)53-49(48-54)50(55)44-40-36-32-28-12-10-8-6-4-2/h16,18,49-50,54-55H,3-15,17,19-48H2,1-2H3,(H,53,56)/b18-16-. The van der Waals surface area contributed by atoms with E-state index in [1.807, 2.05) is 0 Å². The molecule has 6 heteroatoms. The molecule has 0 rings (SSSR count). The van der Waals surface area contributed by atoms with Crippen molar-refractivity contribution in [1.82, 2.24) is 5.32 Å². The Hall–Kier alpha value is -1.40. The summed E-state index contributed by atoms with van der Waals surface area (Å²) >= 11 is 0. The van der Waals surface area contributed by atoms with Crippen molar-refractivity contribution in [1.29, 1.82) is 0 Å². The first kappa shape index (κ1) is 56.6. The number of hydrogen-bond acceptors (Lipinski definition) is 5. The van der Waals surface area contributed by atoms with E-state index in [-0.39, 0.29) is 18.5 Å². The maximum Gasteiger partial charge on any atom is 0.305 e. The van der Waals surface area contributed by atoms with Crippen molar-refractivity contribution < 1.29 is 24.5 Å². The molecule has 0 saturated carbocycles. The molecule has 0 heterocycles. The number of amides is 1. The summed E-state index contributed by atoms with van der Waals surface area (Å²) in [6.45, 7) is 4.92. The van der Waals surface area contributed by atoms with Gasteiger partial charge in [-0.15, -0.1) is 0 Å². The number of esters is 1. The molecular weight excluding hydrogens is 719 g/mol. The summed E-state index contributed by atoms with van der Waals surface area (Å²) in [6.07, 6.45) is 54.8. The van der Waals surface area contributed by atoms with Crippen molar-refractivity contribution in [3.63, 3.8) is 0 Å². The van der Waals surface area contributed by atoms with E-state index in [9.17, 15) is 19.8 Å². The van der Waals surface area contributed by atoms with Gasteiger partial charge in [0.15, 0.2) is 0 Å². The maximum absolute atomic E-state index is 12.4. The van der Waals surface area contributed by atoms with Gasteiger partial charge in [0.1, 0.15) is 0 Å². The summed E-state index contributed by atoms with van der Waals surface area (Å²) in [5.41, 5.74) is 0. The second-order valence-electron chi connectivity index (χ2n) is 17.9. The van der Waals surface area contributed by atoms with Gasteiger partial charge in [-0.3, -0.25) is 9.59 Å². The van der Waals surface area contributed by atoms with Crippen molar-refractivity contribution in [2.45, 2.75) is 296 Å². The molecule has 0 aromatic rings. The van der Waals surface area contributed by atoms with E-state index in [4.69, 9.17) is 4.74 Å². The third kappa shape index (κ3) is 44.2. The third-order valence-electron chi connectivity index (χ3n) is 12.1. The molecule has 0 saturated heterocycles. The molecule has 0 aliphatic rings. The van der Waals surface area contributed by atoms with Crippen LogP contribution in [0.2, 0.25) is 0 Å². The Kier molecular flexibility index (Phi) is 47.1. The minimum Gasteiger partial charge on any atom is -0.466 e. The van der Waals surface area contributed by atoms with E-state index >= 15 is 0 Å². The molecule has 2 unspecified atom stereocenters. The van der Waals surface area contributed by atoms with Crippen LogP contribution in [0.15, 0.2) is 12.2 Å². The molecule has 0 bridgehead atoms. The van der Waals surface area contributed by atoms with Crippen LogP contribution in [0.3, 0.4) is 0 Å². The third-order valence-corrected chi connectivity index (χ3v) is 12.1. The number of rotatable bonds is 48. The number of carbonyl (C=O) groups is 2. The van der Waals surface area contributed by atoms with Crippen LogP contribution in [0, 0.1) is 0 Å². The summed E-state index contributed by atoms with van der Waals surface area (Å²) in [4.78, 5) is 24.4. The largest absolute Gasteiger partial charge is 0.466 e. The molecule has 0 spiro atoms. The van der Waals surface area contributed by atoms with Crippen LogP contribution >= 0.6 is 0 Å². The van der Waals surface area contributed by atoms with Crippen molar-refractivity contribution in [2.75, 3.05) is 13.2 Å². The molecule has 0 aliphatic carbocycles. The topological polar surface area (TPSA) is 95.9 Å². The molecule has 1 amide bonds. The zero-order valence-electron chi connectivity index (χ0n) is 39.0. The van der Waals surface area contributed by atoms with E-state index in [1.54, 1.807) is 0 Å². The van der Waals surface area contributed by atoms with Crippen molar-refractivity contribution in [3.8, 4) is 0 Å². The van der Waals surface area contributed by atoms with Gasteiger partial charge >= 0.3 is 5.97 Å². The minimum absolute atomic E-state index is 0.000891. The van der Waals surface area contributed by atoms with Gasteiger partial charge in [-0.05, 0) is 51.4 Å². The number of hydrogen-bond donors (Lipinski definition) is 3. The Bertz CT molecular complexity index is 863. The van der Waals surface area contributed by atoms with Crippen molar-refractivity contribution in [3.05, 3.63) is 12.2 Å². The van der Waals surface area contributed by atoms with E-state index < -0.39 is 12.1 Å². The lowest BCUT2D eigenvalue weighted by Gasteiger charge is -2.22. The number of aliphatic hydroxyl groups excluding tert-OH is 2. The molecule has 344 valence electrons. The fourth-order valence-electron chi connectivity index (χ4n) is 8.05. The van der Waals surface area contributed by atoms with Crippen LogP contribution < -0.4 is 5.32 Å². The molecule has 3 N–H and O–H groups in total. The highest BCUT2D eigenvalue weighted by Gasteiger charge is 2.20. The van der Waals surface area contributed by atoms with Crippen LogP contribution in [-0.4, -0.2) is 47.4 Å². The summed E-state index contributed by atoms with van der Waals surface area (Å²) in [7, 11) is 0. The van der Waals surface area contributed by atoms with Gasteiger partial charge in [0, 0.05) is 12.8 Å². The second-order valence-corrected chi connectivity index (χ2v) is 17.9. The monoisotopic (exact) mass is 820 g/mol. The van der Waals surface area contributed by atoms with Gasteiger partial charge in [-0.2, -0.15) is 0 Å². The second kappa shape index (κ2) is 48.3. The zero-order valence-corrected chi connectivity index (χ0v) is 39.0. The first-order valence-electron chi connectivity index (χ1n) is 25.9. The highest BCUT2D eigenvalue weighted by atomic mass is 16.5. The van der Waals surface area contributed by atoms with Gasteiger partial charge in [0.25, 0.3) is 0 Å². The summed E-state index contributed by atoms with van der Waals surface area (Å²) in [5.74, 6) is -0.0482. The predicted molar refractivity (Wildman–Crippen MR) is 250 cm³/mol. The Balaban J connectivity index is 3.41. The molecule has 58 heavy (non-hydrogen) atoms. The van der Waals surface area contributed by atoms with Crippen molar-refractivity contribution in [2.24, 2.45) is 0 Å². The van der Waals surface area contributed by atoms with Gasteiger partial charge in [-0.1, -0.05) is 231 Å². The van der Waals surface area contributed by atoms with Gasteiger partial charge < -0.3 is 20.3 Å². The fourth-order valence-corrected chi connectivity index (χ4v) is 8.05. The molecule has 0 fully saturated rings. The van der Waals surface area contributed by atoms with E-state index in [2.05, 4.69) is 31.3 Å². The zero-order chi connectivity index (χ0) is 42.3. The quantitative estimate of drug-likeness (QED) is 0.0323. The van der Waals surface area contributed by atoms with Gasteiger partial charge in [0.05, 0.1) is 25.4 Å². The predicted octanol–water partition coefficient (Wildman–Crippen LogP) is 15.3. The number of allylic oxidation sites excluding steroid dienone is 2. The molecule has 0 aromatic heterocycles. The number of unbranched alkanes of at least 4 members (excludes halogenated alkanes) is 35. The molecule has 6 nitrogen and oxygen atoms in total. The molecule has 0 radical (unpaired) electrons. The summed E-state index contributed by atoms with van der Waals surface area (Å²) < 4.78 is 5.47. The fraction of sp³-hybridized carbons (Fsp3) is 0.923. The van der Waals surface area contributed by atoms with Crippen molar-refractivity contribution >= 4 is 11.9 Å². The lowest BCUT2D eigenvalue weighted by Crippen LogP contribution is -2.45. The van der Waals surface area contributed by atoms with Crippen LogP contribution in [0.5, 0.6) is 0 Å². The summed E-state index contributed by atoms with van der Waals surface area (Å²) in [5, 5.41) is 23.0. The smallest absolute Gasteiger partial charge is 0.305 e. The average Bonchev–Trinajstić information content (AvgIpc) is 3.22.